The number of rotatable bonds is 3. The molecular weight excluding hydrogens is 228 g/mol. The molecule has 0 aliphatic carbocycles. The van der Waals surface area contributed by atoms with E-state index in [1.54, 1.807) is 12.2 Å². The minimum absolute atomic E-state index is 0.0593. The Labute approximate surface area is 108 Å². The zero-order valence-corrected chi connectivity index (χ0v) is 11.0. The highest BCUT2D eigenvalue weighted by Crippen LogP contribution is 2.12. The molecule has 0 radical (unpaired) electrons. The maximum atomic E-state index is 12.0. The van der Waals surface area contributed by atoms with Gasteiger partial charge in [-0.25, -0.2) is 0 Å². The van der Waals surface area contributed by atoms with Crippen molar-refractivity contribution in [3.8, 4) is 0 Å². The summed E-state index contributed by atoms with van der Waals surface area (Å²) < 4.78 is 5.39. The van der Waals surface area contributed by atoms with Crippen molar-refractivity contribution in [3.05, 3.63) is 29.7 Å². The first-order chi connectivity index (χ1) is 8.69. The van der Waals surface area contributed by atoms with E-state index >= 15 is 0 Å². The number of amides is 1. The van der Waals surface area contributed by atoms with Crippen LogP contribution in [0.3, 0.4) is 0 Å². The largest absolute Gasteiger partial charge is 0.462 e. The molecule has 0 bridgehead atoms. The van der Waals surface area contributed by atoms with Crippen LogP contribution in [0.4, 0.5) is 0 Å². The smallest absolute Gasteiger partial charge is 0.246 e. The molecule has 1 amide bonds. The van der Waals surface area contributed by atoms with Crippen LogP contribution >= 0.6 is 0 Å². The normalized spacial score (nSPS) is 20.6. The molecular formula is C14H20N2O2. The van der Waals surface area contributed by atoms with Gasteiger partial charge in [-0.2, -0.15) is 0 Å². The summed E-state index contributed by atoms with van der Waals surface area (Å²) in [6.07, 6.45) is 5.53. The molecule has 1 fully saturated rings. The molecule has 2 rings (SSSR count). The summed E-state index contributed by atoms with van der Waals surface area (Å²) in [7, 11) is 1.94. The van der Waals surface area contributed by atoms with Crippen LogP contribution in [0.2, 0.25) is 0 Å². The van der Waals surface area contributed by atoms with Gasteiger partial charge in [-0.3, -0.25) is 4.79 Å². The molecule has 0 saturated carbocycles. The molecule has 1 unspecified atom stereocenters. The van der Waals surface area contributed by atoms with Gasteiger partial charge in [0.25, 0.3) is 0 Å². The van der Waals surface area contributed by atoms with Crippen LogP contribution < -0.4 is 5.32 Å². The summed E-state index contributed by atoms with van der Waals surface area (Å²) in [5.74, 6) is 1.64. The highest BCUT2D eigenvalue weighted by molar-refractivity contribution is 5.91. The molecule has 1 saturated heterocycles. The standard InChI is InChI=1S/C14H20N2O2/c1-11-5-6-13(18-11)7-8-14(17)16-9-3-4-12(10-16)15-2/h5-8,12,15H,3-4,9-10H2,1-2H3. The zero-order chi connectivity index (χ0) is 13.0. The minimum atomic E-state index is 0.0593. The molecule has 4 heteroatoms. The second-order valence-electron chi connectivity index (χ2n) is 4.69. The third-order valence-corrected chi connectivity index (χ3v) is 3.29. The fraction of sp³-hybridized carbons (Fsp3) is 0.500. The molecule has 2 heterocycles. The van der Waals surface area contributed by atoms with Crippen molar-refractivity contribution < 1.29 is 9.21 Å². The van der Waals surface area contributed by atoms with Crippen molar-refractivity contribution in [2.75, 3.05) is 20.1 Å². The van der Waals surface area contributed by atoms with Crippen molar-refractivity contribution in [2.45, 2.75) is 25.8 Å². The number of hydrogen-bond donors (Lipinski definition) is 1. The lowest BCUT2D eigenvalue weighted by molar-refractivity contribution is -0.127. The third kappa shape index (κ3) is 3.23. The number of carbonyl (C=O) groups excluding carboxylic acids is 1. The van der Waals surface area contributed by atoms with Crippen LogP contribution in [0.5, 0.6) is 0 Å². The maximum Gasteiger partial charge on any atom is 0.246 e. The van der Waals surface area contributed by atoms with E-state index in [1.807, 2.05) is 31.0 Å². The molecule has 4 nitrogen and oxygen atoms in total. The average Bonchev–Trinajstić information content (AvgIpc) is 2.82. The lowest BCUT2D eigenvalue weighted by Gasteiger charge is -2.31. The Morgan fingerprint density at radius 1 is 1.56 bits per heavy atom. The maximum absolute atomic E-state index is 12.0. The highest BCUT2D eigenvalue weighted by Gasteiger charge is 2.20. The van der Waals surface area contributed by atoms with Gasteiger partial charge in [0.2, 0.25) is 5.91 Å². The molecule has 1 aliphatic heterocycles. The van der Waals surface area contributed by atoms with Gasteiger partial charge in [0.05, 0.1) is 0 Å². The number of piperidine rings is 1. The fourth-order valence-electron chi connectivity index (χ4n) is 2.21. The molecule has 1 N–H and O–H groups in total. The van der Waals surface area contributed by atoms with Crippen molar-refractivity contribution >= 4 is 12.0 Å². The molecule has 1 aliphatic rings. The molecule has 0 aromatic carbocycles. The molecule has 1 atom stereocenters. The SMILES string of the molecule is CNC1CCCN(C(=O)C=Cc2ccc(C)o2)C1. The Hall–Kier alpha value is -1.55. The predicted octanol–water partition coefficient (Wildman–Crippen LogP) is 1.81. The van der Waals surface area contributed by atoms with Gasteiger partial charge in [0.1, 0.15) is 11.5 Å². The van der Waals surface area contributed by atoms with Crippen molar-refractivity contribution in [1.82, 2.24) is 10.2 Å². The Balaban J connectivity index is 1.93. The van der Waals surface area contributed by atoms with E-state index in [9.17, 15) is 4.79 Å². The summed E-state index contributed by atoms with van der Waals surface area (Å²) in [6, 6.07) is 4.18. The number of aryl methyl sites for hydroxylation is 1. The Morgan fingerprint density at radius 3 is 3.06 bits per heavy atom. The predicted molar refractivity (Wildman–Crippen MR) is 71.1 cm³/mol. The Morgan fingerprint density at radius 2 is 2.39 bits per heavy atom. The van der Waals surface area contributed by atoms with E-state index in [0.717, 1.165) is 37.5 Å². The molecule has 1 aromatic heterocycles. The Bertz CT molecular complexity index is 437. The van der Waals surface area contributed by atoms with Gasteiger partial charge in [-0.15, -0.1) is 0 Å². The van der Waals surface area contributed by atoms with Crippen LogP contribution in [0, 0.1) is 6.92 Å². The van der Waals surface area contributed by atoms with E-state index in [1.165, 1.54) is 0 Å². The zero-order valence-electron chi connectivity index (χ0n) is 11.0. The first-order valence-corrected chi connectivity index (χ1v) is 6.39. The monoisotopic (exact) mass is 248 g/mol. The summed E-state index contributed by atoms with van der Waals surface area (Å²) in [4.78, 5) is 13.9. The molecule has 1 aromatic rings. The second kappa shape index (κ2) is 5.87. The molecule has 18 heavy (non-hydrogen) atoms. The molecule has 0 spiro atoms. The minimum Gasteiger partial charge on any atom is -0.462 e. The van der Waals surface area contributed by atoms with Gasteiger partial charge < -0.3 is 14.6 Å². The average molecular weight is 248 g/mol. The van der Waals surface area contributed by atoms with E-state index in [2.05, 4.69) is 5.32 Å². The van der Waals surface area contributed by atoms with Crippen molar-refractivity contribution in [1.29, 1.82) is 0 Å². The quantitative estimate of drug-likeness (QED) is 0.830. The van der Waals surface area contributed by atoms with Gasteiger partial charge >= 0.3 is 0 Å². The number of hydrogen-bond acceptors (Lipinski definition) is 3. The Kier molecular flexibility index (Phi) is 4.20. The van der Waals surface area contributed by atoms with Gasteiger partial charge in [-0.1, -0.05) is 0 Å². The van der Waals surface area contributed by atoms with Crippen LogP contribution in [-0.2, 0) is 4.79 Å². The number of nitrogens with zero attached hydrogens (tertiary/aromatic N) is 1. The molecule has 98 valence electrons. The summed E-state index contributed by atoms with van der Waals surface area (Å²) in [6.45, 7) is 3.52. The number of carbonyl (C=O) groups is 1. The number of likely N-dealkylation sites (N-methyl/N-ethyl adjacent to an activating group) is 1. The van der Waals surface area contributed by atoms with Gasteiger partial charge in [0, 0.05) is 25.2 Å². The van der Waals surface area contributed by atoms with Crippen molar-refractivity contribution in [3.63, 3.8) is 0 Å². The van der Waals surface area contributed by atoms with Crippen LogP contribution in [0.15, 0.2) is 22.6 Å². The van der Waals surface area contributed by atoms with Gasteiger partial charge in [0.15, 0.2) is 0 Å². The topological polar surface area (TPSA) is 45.5 Å². The summed E-state index contributed by atoms with van der Waals surface area (Å²) in [5.41, 5.74) is 0. The number of likely N-dealkylation sites (tertiary alicyclic amines) is 1. The van der Waals surface area contributed by atoms with E-state index in [-0.39, 0.29) is 5.91 Å². The summed E-state index contributed by atoms with van der Waals surface area (Å²) >= 11 is 0. The first-order valence-electron chi connectivity index (χ1n) is 6.39. The first kappa shape index (κ1) is 12.9. The van der Waals surface area contributed by atoms with Crippen LogP contribution in [0.1, 0.15) is 24.4 Å². The number of furan rings is 1. The highest BCUT2D eigenvalue weighted by atomic mass is 16.3. The lowest BCUT2D eigenvalue weighted by atomic mass is 10.1. The van der Waals surface area contributed by atoms with Crippen LogP contribution in [-0.4, -0.2) is 37.0 Å². The number of nitrogens with one attached hydrogen (secondary N) is 1. The third-order valence-electron chi connectivity index (χ3n) is 3.29. The lowest BCUT2D eigenvalue weighted by Crippen LogP contribution is -2.46. The van der Waals surface area contributed by atoms with E-state index in [0.29, 0.717) is 6.04 Å². The van der Waals surface area contributed by atoms with E-state index in [4.69, 9.17) is 4.42 Å². The van der Waals surface area contributed by atoms with Crippen LogP contribution in [0.25, 0.3) is 6.08 Å². The van der Waals surface area contributed by atoms with Gasteiger partial charge in [-0.05, 0) is 45.0 Å². The van der Waals surface area contributed by atoms with E-state index < -0.39 is 0 Å². The summed E-state index contributed by atoms with van der Waals surface area (Å²) in [5, 5.41) is 3.23. The van der Waals surface area contributed by atoms with Crippen molar-refractivity contribution in [2.24, 2.45) is 0 Å². The second-order valence-corrected chi connectivity index (χ2v) is 4.69. The fourth-order valence-corrected chi connectivity index (χ4v) is 2.21.